The van der Waals surface area contributed by atoms with E-state index in [2.05, 4.69) is 48.8 Å². The first-order chi connectivity index (χ1) is 9.99. The molecule has 0 fully saturated rings. The summed E-state index contributed by atoms with van der Waals surface area (Å²) in [5.41, 5.74) is 2.00. The van der Waals surface area contributed by atoms with Crippen LogP contribution in [0.1, 0.15) is 45.9 Å². The van der Waals surface area contributed by atoms with Crippen molar-refractivity contribution in [2.45, 2.75) is 53.2 Å². The number of nitrogens with one attached hydrogen (secondary N) is 1. The van der Waals surface area contributed by atoms with Crippen molar-refractivity contribution >= 4 is 11.6 Å². The van der Waals surface area contributed by atoms with Crippen LogP contribution in [-0.2, 0) is 0 Å². The van der Waals surface area contributed by atoms with Crippen molar-refractivity contribution in [1.82, 2.24) is 9.55 Å². The maximum atomic E-state index is 5.86. The number of hydrogen-bond acceptors (Lipinski definition) is 3. The van der Waals surface area contributed by atoms with Gasteiger partial charge in [-0.1, -0.05) is 13.0 Å². The highest BCUT2D eigenvalue weighted by molar-refractivity contribution is 5.56. The first-order valence-corrected chi connectivity index (χ1v) is 7.58. The monoisotopic (exact) mass is 287 g/mol. The Balaban J connectivity index is 2.18. The van der Waals surface area contributed by atoms with Crippen molar-refractivity contribution in [2.75, 3.05) is 5.32 Å². The van der Waals surface area contributed by atoms with Gasteiger partial charge >= 0.3 is 0 Å². The molecule has 0 saturated carbocycles. The van der Waals surface area contributed by atoms with E-state index >= 15 is 0 Å². The Morgan fingerprint density at radius 2 is 2.05 bits per heavy atom. The fourth-order valence-corrected chi connectivity index (χ4v) is 2.09. The predicted molar refractivity (Wildman–Crippen MR) is 87.5 cm³/mol. The van der Waals surface area contributed by atoms with Gasteiger partial charge < -0.3 is 14.6 Å². The van der Waals surface area contributed by atoms with Crippen LogP contribution in [0.2, 0.25) is 0 Å². The van der Waals surface area contributed by atoms with Gasteiger partial charge in [0, 0.05) is 24.0 Å². The van der Waals surface area contributed by atoms with Crippen molar-refractivity contribution in [1.29, 1.82) is 0 Å². The van der Waals surface area contributed by atoms with E-state index in [-0.39, 0.29) is 6.10 Å². The number of aromatic nitrogens is 2. The normalized spacial score (nSPS) is 12.5. The molecule has 0 amide bonds. The van der Waals surface area contributed by atoms with Crippen LogP contribution >= 0.6 is 0 Å². The molecule has 1 unspecified atom stereocenters. The van der Waals surface area contributed by atoms with E-state index in [1.54, 1.807) is 0 Å². The highest BCUT2D eigenvalue weighted by Gasteiger charge is 2.09. The summed E-state index contributed by atoms with van der Waals surface area (Å²) in [6.45, 7) is 10.5. The first-order valence-electron chi connectivity index (χ1n) is 7.58. The molecule has 2 aromatic rings. The van der Waals surface area contributed by atoms with Crippen LogP contribution in [0.5, 0.6) is 5.75 Å². The van der Waals surface area contributed by atoms with E-state index in [9.17, 15) is 0 Å². The molecule has 1 N–H and O–H groups in total. The number of benzene rings is 1. The van der Waals surface area contributed by atoms with Gasteiger partial charge in [-0.05, 0) is 46.2 Å². The van der Waals surface area contributed by atoms with E-state index in [1.165, 1.54) is 0 Å². The van der Waals surface area contributed by atoms with Gasteiger partial charge in [-0.3, -0.25) is 0 Å². The fourth-order valence-electron chi connectivity index (χ4n) is 2.09. The zero-order valence-corrected chi connectivity index (χ0v) is 13.6. The quantitative estimate of drug-likeness (QED) is 0.837. The minimum absolute atomic E-state index is 0.222. The Labute approximate surface area is 127 Å². The lowest BCUT2D eigenvalue weighted by atomic mass is 10.3. The third-order valence-electron chi connectivity index (χ3n) is 3.41. The third-order valence-corrected chi connectivity index (χ3v) is 3.41. The average molecular weight is 287 g/mol. The van der Waals surface area contributed by atoms with Gasteiger partial charge in [0.05, 0.1) is 11.8 Å². The smallest absolute Gasteiger partial charge is 0.207 e. The summed E-state index contributed by atoms with van der Waals surface area (Å²) in [5.74, 6) is 1.75. The second-order valence-corrected chi connectivity index (χ2v) is 5.70. The minimum Gasteiger partial charge on any atom is -0.491 e. The molecule has 0 spiro atoms. The molecule has 2 rings (SSSR count). The standard InChI is InChI=1S/C17H25N3O/c1-6-14(5)21-16-9-7-8-15(10-16)19-17-18-13(4)11-20(17)12(2)3/h7-12,14H,6H2,1-5H3,(H,18,19). The lowest BCUT2D eigenvalue weighted by molar-refractivity contribution is 0.217. The predicted octanol–water partition coefficient (Wildman–Crippen LogP) is 4.69. The SMILES string of the molecule is CCC(C)Oc1cccc(Nc2nc(C)cn2C(C)C)c1. The molecule has 114 valence electrons. The Hall–Kier alpha value is -1.97. The number of nitrogens with zero attached hydrogens (tertiary/aromatic N) is 2. The molecule has 1 atom stereocenters. The third kappa shape index (κ3) is 4.00. The Morgan fingerprint density at radius 1 is 1.29 bits per heavy atom. The number of rotatable bonds is 6. The van der Waals surface area contributed by atoms with Crippen molar-refractivity contribution < 1.29 is 4.74 Å². The van der Waals surface area contributed by atoms with E-state index in [4.69, 9.17) is 4.74 Å². The van der Waals surface area contributed by atoms with Gasteiger partial charge in [0.2, 0.25) is 5.95 Å². The van der Waals surface area contributed by atoms with Gasteiger partial charge in [0.15, 0.2) is 0 Å². The topological polar surface area (TPSA) is 39.1 Å². The van der Waals surface area contributed by atoms with E-state index in [1.807, 2.05) is 31.2 Å². The van der Waals surface area contributed by atoms with Crippen molar-refractivity contribution in [3.8, 4) is 5.75 Å². The fraction of sp³-hybridized carbons (Fsp3) is 0.471. The maximum Gasteiger partial charge on any atom is 0.207 e. The lowest BCUT2D eigenvalue weighted by Gasteiger charge is -2.15. The van der Waals surface area contributed by atoms with Gasteiger partial charge in [-0.2, -0.15) is 0 Å². The van der Waals surface area contributed by atoms with Crippen LogP contribution in [0, 0.1) is 6.92 Å². The van der Waals surface area contributed by atoms with E-state index in [0.29, 0.717) is 6.04 Å². The van der Waals surface area contributed by atoms with Crippen LogP contribution in [0.25, 0.3) is 0 Å². The highest BCUT2D eigenvalue weighted by atomic mass is 16.5. The molecule has 4 heteroatoms. The second kappa shape index (κ2) is 6.66. The Kier molecular flexibility index (Phi) is 4.89. The highest BCUT2D eigenvalue weighted by Crippen LogP contribution is 2.24. The molecule has 4 nitrogen and oxygen atoms in total. The average Bonchev–Trinajstić information content (AvgIpc) is 2.80. The second-order valence-electron chi connectivity index (χ2n) is 5.70. The minimum atomic E-state index is 0.222. The molecule has 1 aromatic heterocycles. The number of imidazole rings is 1. The van der Waals surface area contributed by atoms with Crippen LogP contribution in [-0.4, -0.2) is 15.7 Å². The number of anilines is 2. The van der Waals surface area contributed by atoms with E-state index in [0.717, 1.165) is 29.5 Å². The van der Waals surface area contributed by atoms with Gasteiger partial charge in [-0.25, -0.2) is 4.98 Å². The van der Waals surface area contributed by atoms with Gasteiger partial charge in [0.25, 0.3) is 0 Å². The molecule has 1 heterocycles. The number of ether oxygens (including phenoxy) is 1. The summed E-state index contributed by atoms with van der Waals surface area (Å²) >= 11 is 0. The number of hydrogen-bond donors (Lipinski definition) is 1. The first kappa shape index (κ1) is 15.4. The van der Waals surface area contributed by atoms with Crippen LogP contribution < -0.4 is 10.1 Å². The zero-order valence-electron chi connectivity index (χ0n) is 13.6. The Morgan fingerprint density at radius 3 is 2.71 bits per heavy atom. The molecule has 0 bridgehead atoms. The molecular formula is C17H25N3O. The van der Waals surface area contributed by atoms with Crippen LogP contribution in [0.4, 0.5) is 11.6 Å². The lowest BCUT2D eigenvalue weighted by Crippen LogP contribution is -2.10. The summed E-state index contributed by atoms with van der Waals surface area (Å²) in [6, 6.07) is 8.39. The van der Waals surface area contributed by atoms with Crippen LogP contribution in [0.3, 0.4) is 0 Å². The van der Waals surface area contributed by atoms with Gasteiger partial charge in [0.1, 0.15) is 5.75 Å². The molecule has 0 radical (unpaired) electrons. The van der Waals surface area contributed by atoms with E-state index < -0.39 is 0 Å². The molecule has 0 aliphatic rings. The van der Waals surface area contributed by atoms with Crippen molar-refractivity contribution in [3.05, 3.63) is 36.2 Å². The molecule has 0 aliphatic carbocycles. The molecule has 0 aliphatic heterocycles. The summed E-state index contributed by atoms with van der Waals surface area (Å²) in [7, 11) is 0. The van der Waals surface area contributed by atoms with Crippen molar-refractivity contribution in [3.63, 3.8) is 0 Å². The molecule has 1 aromatic carbocycles. The summed E-state index contributed by atoms with van der Waals surface area (Å²) < 4.78 is 7.99. The zero-order chi connectivity index (χ0) is 15.4. The largest absolute Gasteiger partial charge is 0.491 e. The molecule has 21 heavy (non-hydrogen) atoms. The van der Waals surface area contributed by atoms with Crippen LogP contribution in [0.15, 0.2) is 30.5 Å². The maximum absolute atomic E-state index is 5.86. The summed E-state index contributed by atoms with van der Waals surface area (Å²) in [5, 5.41) is 3.38. The van der Waals surface area contributed by atoms with Crippen molar-refractivity contribution in [2.24, 2.45) is 0 Å². The Bertz CT molecular complexity index is 589. The number of aryl methyl sites for hydroxylation is 1. The molecular weight excluding hydrogens is 262 g/mol. The summed E-state index contributed by atoms with van der Waals surface area (Å²) in [6.07, 6.45) is 3.28. The summed E-state index contributed by atoms with van der Waals surface area (Å²) in [4.78, 5) is 4.54. The molecule has 0 saturated heterocycles. The van der Waals surface area contributed by atoms with Gasteiger partial charge in [-0.15, -0.1) is 0 Å².